The Kier molecular flexibility index (Phi) is 4.45. The molecular weight excluding hydrogens is 340 g/mol. The highest BCUT2D eigenvalue weighted by Gasteiger charge is 2.62. The number of Topliss-reactive ketones (excluding diaryl/α,β-unsaturated/α-hetero) is 1. The molecule has 3 unspecified atom stereocenters. The molecule has 0 spiro atoms. The number of carbonyl (C=O) groups is 4. The first-order valence-corrected chi connectivity index (χ1v) is 8.87. The fraction of sp³-hybridized carbons (Fsp3) is 0.684. The zero-order valence-electron chi connectivity index (χ0n) is 15.4. The molecular formula is C19H24O7. The Labute approximate surface area is 152 Å². The summed E-state index contributed by atoms with van der Waals surface area (Å²) < 4.78 is 16.7. The van der Waals surface area contributed by atoms with E-state index in [2.05, 4.69) is 6.58 Å². The monoisotopic (exact) mass is 364 g/mol. The molecule has 0 aromatic heterocycles. The first-order valence-electron chi connectivity index (χ1n) is 8.87. The molecule has 142 valence electrons. The van der Waals surface area contributed by atoms with Gasteiger partial charge in [-0.2, -0.15) is 0 Å². The Morgan fingerprint density at radius 2 is 1.96 bits per heavy atom. The Hall–Kier alpha value is -2.18. The minimum Gasteiger partial charge on any atom is -0.461 e. The van der Waals surface area contributed by atoms with Crippen LogP contribution in [0, 0.1) is 23.7 Å². The van der Waals surface area contributed by atoms with E-state index in [0.29, 0.717) is 0 Å². The van der Waals surface area contributed by atoms with Crippen molar-refractivity contribution < 1.29 is 33.4 Å². The van der Waals surface area contributed by atoms with Gasteiger partial charge in [0.2, 0.25) is 0 Å². The van der Waals surface area contributed by atoms with Gasteiger partial charge in [-0.05, 0) is 13.8 Å². The van der Waals surface area contributed by atoms with Gasteiger partial charge in [-0.3, -0.25) is 14.4 Å². The van der Waals surface area contributed by atoms with Gasteiger partial charge in [-0.25, -0.2) is 4.79 Å². The van der Waals surface area contributed by atoms with Crippen molar-refractivity contribution in [3.8, 4) is 0 Å². The number of rotatable bonds is 3. The lowest BCUT2D eigenvalue weighted by molar-refractivity contribution is -0.161. The molecule has 0 aromatic rings. The molecule has 0 bridgehead atoms. The Balaban J connectivity index is 2.07. The first kappa shape index (κ1) is 18.6. The maximum absolute atomic E-state index is 12.4. The lowest BCUT2D eigenvalue weighted by Gasteiger charge is -2.33. The highest BCUT2D eigenvalue weighted by Crippen LogP contribution is 2.52. The van der Waals surface area contributed by atoms with Gasteiger partial charge in [0, 0.05) is 17.9 Å². The van der Waals surface area contributed by atoms with Gasteiger partial charge in [-0.1, -0.05) is 20.4 Å². The summed E-state index contributed by atoms with van der Waals surface area (Å²) in [4.78, 5) is 48.8. The summed E-state index contributed by atoms with van der Waals surface area (Å²) in [7, 11) is 0. The molecule has 1 saturated carbocycles. The third kappa shape index (κ3) is 2.83. The molecule has 3 rings (SSSR count). The average molecular weight is 364 g/mol. The van der Waals surface area contributed by atoms with Crippen molar-refractivity contribution in [1.82, 2.24) is 0 Å². The fourth-order valence-electron chi connectivity index (χ4n) is 4.48. The van der Waals surface area contributed by atoms with Crippen molar-refractivity contribution in [3.63, 3.8) is 0 Å². The van der Waals surface area contributed by atoms with Crippen LogP contribution in [0.1, 0.15) is 40.5 Å². The van der Waals surface area contributed by atoms with Crippen molar-refractivity contribution in [2.45, 2.75) is 58.3 Å². The zero-order valence-corrected chi connectivity index (χ0v) is 15.4. The predicted octanol–water partition coefficient (Wildman–Crippen LogP) is 1.58. The highest BCUT2D eigenvalue weighted by molar-refractivity contribution is 5.92. The van der Waals surface area contributed by atoms with Gasteiger partial charge >= 0.3 is 17.9 Å². The van der Waals surface area contributed by atoms with E-state index < -0.39 is 53.5 Å². The second-order valence-electron chi connectivity index (χ2n) is 7.99. The van der Waals surface area contributed by atoms with E-state index >= 15 is 0 Å². The van der Waals surface area contributed by atoms with E-state index in [-0.39, 0.29) is 30.1 Å². The van der Waals surface area contributed by atoms with Crippen LogP contribution in [0.25, 0.3) is 0 Å². The van der Waals surface area contributed by atoms with Crippen LogP contribution in [0.5, 0.6) is 0 Å². The lowest BCUT2D eigenvalue weighted by Crippen LogP contribution is -2.42. The molecule has 0 radical (unpaired) electrons. The molecule has 2 heterocycles. The van der Waals surface area contributed by atoms with Crippen molar-refractivity contribution in [1.29, 1.82) is 0 Å². The largest absolute Gasteiger partial charge is 0.461 e. The van der Waals surface area contributed by atoms with E-state index in [9.17, 15) is 19.2 Å². The molecule has 3 fully saturated rings. The van der Waals surface area contributed by atoms with Gasteiger partial charge in [0.05, 0.1) is 24.2 Å². The first-order chi connectivity index (χ1) is 12.0. The van der Waals surface area contributed by atoms with E-state index in [1.165, 1.54) is 6.92 Å². The van der Waals surface area contributed by atoms with Crippen molar-refractivity contribution in [3.05, 3.63) is 12.2 Å². The third-order valence-corrected chi connectivity index (χ3v) is 5.78. The molecule has 2 saturated heterocycles. The van der Waals surface area contributed by atoms with Crippen LogP contribution in [0.15, 0.2) is 12.2 Å². The average Bonchev–Trinajstić information content (AvgIpc) is 2.92. The Morgan fingerprint density at radius 1 is 1.31 bits per heavy atom. The summed E-state index contributed by atoms with van der Waals surface area (Å²) in [5, 5.41) is 0. The van der Waals surface area contributed by atoms with Crippen molar-refractivity contribution >= 4 is 23.7 Å². The normalized spacial score (nSPS) is 39.0. The van der Waals surface area contributed by atoms with Crippen LogP contribution >= 0.6 is 0 Å². The standard InChI is InChI=1S/C19H24O7/c1-8(2)17(22)24-12-7-19(5)11(6-13(21)26-19)15(10(4)20)16-14(12)9(3)18(23)25-16/h8,11-12,14-16H,3,6-7H2,1-2,4-5H3/t11?,12-,14-,15?,16+,19?/m1/s1. The van der Waals surface area contributed by atoms with Gasteiger partial charge in [0.25, 0.3) is 0 Å². The molecule has 0 N–H and O–H groups in total. The SMILES string of the molecule is C=C1C(=O)O[C@@H]2C(C(C)=O)C3CC(=O)OC3(C)C[C@@H](OC(=O)C(C)C)[C@@H]12. The topological polar surface area (TPSA) is 96.0 Å². The van der Waals surface area contributed by atoms with Crippen molar-refractivity contribution in [2.24, 2.45) is 23.7 Å². The molecule has 1 aliphatic carbocycles. The fourth-order valence-corrected chi connectivity index (χ4v) is 4.48. The Bertz CT molecular complexity index is 694. The number of hydrogen-bond acceptors (Lipinski definition) is 7. The van der Waals surface area contributed by atoms with Gasteiger partial charge < -0.3 is 14.2 Å². The summed E-state index contributed by atoms with van der Waals surface area (Å²) in [5.74, 6) is -3.74. The second-order valence-corrected chi connectivity index (χ2v) is 7.99. The molecule has 2 aliphatic heterocycles. The second kappa shape index (κ2) is 6.21. The lowest BCUT2D eigenvalue weighted by atomic mass is 9.74. The number of ketones is 1. The number of hydrogen-bond donors (Lipinski definition) is 0. The summed E-state index contributed by atoms with van der Waals surface area (Å²) in [5.41, 5.74) is -0.774. The maximum atomic E-state index is 12.4. The Morgan fingerprint density at radius 3 is 2.54 bits per heavy atom. The number of ether oxygens (including phenoxy) is 3. The molecule has 3 aliphatic rings. The smallest absolute Gasteiger partial charge is 0.334 e. The van der Waals surface area contributed by atoms with Crippen LogP contribution < -0.4 is 0 Å². The molecule has 0 aromatic carbocycles. The molecule has 7 nitrogen and oxygen atoms in total. The quantitative estimate of drug-likeness (QED) is 0.426. The van der Waals surface area contributed by atoms with E-state index in [1.54, 1.807) is 20.8 Å². The van der Waals surface area contributed by atoms with Crippen LogP contribution in [0.4, 0.5) is 0 Å². The van der Waals surface area contributed by atoms with Crippen LogP contribution in [-0.4, -0.2) is 41.5 Å². The summed E-state index contributed by atoms with van der Waals surface area (Å²) >= 11 is 0. The molecule has 6 atom stereocenters. The predicted molar refractivity (Wildman–Crippen MR) is 88.6 cm³/mol. The minimum absolute atomic E-state index is 0.0683. The van der Waals surface area contributed by atoms with E-state index in [1.807, 2.05) is 0 Å². The summed E-state index contributed by atoms with van der Waals surface area (Å²) in [6, 6.07) is 0. The van der Waals surface area contributed by atoms with E-state index in [4.69, 9.17) is 14.2 Å². The minimum atomic E-state index is -0.966. The van der Waals surface area contributed by atoms with Crippen LogP contribution in [0.2, 0.25) is 0 Å². The molecule has 26 heavy (non-hydrogen) atoms. The van der Waals surface area contributed by atoms with Crippen LogP contribution in [-0.2, 0) is 33.4 Å². The highest BCUT2D eigenvalue weighted by atomic mass is 16.6. The number of fused-ring (bicyclic) bond motifs is 2. The summed E-state index contributed by atoms with van der Waals surface area (Å²) in [6.45, 7) is 10.4. The number of carbonyl (C=O) groups excluding carboxylic acids is 4. The molecule has 0 amide bonds. The van der Waals surface area contributed by atoms with Crippen LogP contribution in [0.3, 0.4) is 0 Å². The van der Waals surface area contributed by atoms with E-state index in [0.717, 1.165) is 0 Å². The number of esters is 3. The zero-order chi connectivity index (χ0) is 19.4. The van der Waals surface area contributed by atoms with Gasteiger partial charge in [-0.15, -0.1) is 0 Å². The van der Waals surface area contributed by atoms with Gasteiger partial charge in [0.1, 0.15) is 23.6 Å². The third-order valence-electron chi connectivity index (χ3n) is 5.78. The van der Waals surface area contributed by atoms with Gasteiger partial charge in [0.15, 0.2) is 0 Å². The summed E-state index contributed by atoms with van der Waals surface area (Å²) in [6.07, 6.45) is -1.29. The van der Waals surface area contributed by atoms with Crippen molar-refractivity contribution in [2.75, 3.05) is 0 Å². The molecule has 7 heteroatoms. The maximum Gasteiger partial charge on any atom is 0.334 e.